The van der Waals surface area contributed by atoms with Crippen LogP contribution in [0.25, 0.3) is 0 Å². The van der Waals surface area contributed by atoms with Crippen LogP contribution in [-0.4, -0.2) is 36.0 Å². The predicted molar refractivity (Wildman–Crippen MR) is 127 cm³/mol. The molecular weight excluding hydrogens is 449 g/mol. The third-order valence-corrected chi connectivity index (χ3v) is 6.56. The highest BCUT2D eigenvalue weighted by atomic mass is 35.5. The third-order valence-electron chi connectivity index (χ3n) is 5.75. The normalized spacial score (nSPS) is 14.3. The quantitative estimate of drug-likeness (QED) is 0.428. The van der Waals surface area contributed by atoms with E-state index in [-0.39, 0.29) is 11.7 Å². The Morgan fingerprint density at radius 3 is 2.44 bits per heavy atom. The molecule has 0 unspecified atom stereocenters. The van der Waals surface area contributed by atoms with Gasteiger partial charge in [-0.05, 0) is 60.7 Å². The van der Waals surface area contributed by atoms with Crippen molar-refractivity contribution >= 4 is 41.1 Å². The van der Waals surface area contributed by atoms with Crippen LogP contribution < -0.4 is 10.1 Å². The average Bonchev–Trinajstić information content (AvgIpc) is 2.83. The van der Waals surface area contributed by atoms with Gasteiger partial charge in [-0.2, -0.15) is 0 Å². The molecule has 1 amide bonds. The van der Waals surface area contributed by atoms with Gasteiger partial charge < -0.3 is 19.9 Å². The van der Waals surface area contributed by atoms with Crippen molar-refractivity contribution in [3.63, 3.8) is 0 Å². The maximum absolute atomic E-state index is 13.4. The minimum absolute atomic E-state index is 0.119. The number of anilines is 2. The third kappa shape index (κ3) is 4.79. The van der Waals surface area contributed by atoms with Gasteiger partial charge in [0.25, 0.3) is 5.91 Å². The number of aromatic nitrogens is 1. The zero-order valence-corrected chi connectivity index (χ0v) is 19.1. The number of rotatable bonds is 5. The van der Waals surface area contributed by atoms with Gasteiger partial charge in [-0.3, -0.25) is 4.79 Å². The Bertz CT molecular complexity index is 1160. The SMILES string of the molecule is COc1ccc(Nc2c(C(=O)N3CCC(c4ccc(F)cc4)CC3)c[nH]c(=S)c2Cl)cc1. The number of nitrogens with zero attached hydrogens (tertiary/aromatic N) is 1. The number of nitrogens with one attached hydrogen (secondary N) is 2. The Labute approximate surface area is 196 Å². The Morgan fingerprint density at radius 2 is 1.81 bits per heavy atom. The van der Waals surface area contributed by atoms with Crippen LogP contribution in [0.5, 0.6) is 5.75 Å². The van der Waals surface area contributed by atoms with Crippen molar-refractivity contribution < 1.29 is 13.9 Å². The lowest BCUT2D eigenvalue weighted by Crippen LogP contribution is -2.38. The van der Waals surface area contributed by atoms with Crippen LogP contribution in [0.15, 0.2) is 54.7 Å². The molecule has 8 heteroatoms. The number of H-pyrrole nitrogens is 1. The van der Waals surface area contributed by atoms with Crippen molar-refractivity contribution in [3.05, 3.63) is 81.3 Å². The van der Waals surface area contributed by atoms with Crippen molar-refractivity contribution in [2.75, 3.05) is 25.5 Å². The number of aromatic amines is 1. The molecular formula is C24H23ClFN3O2S. The topological polar surface area (TPSA) is 57.4 Å². The van der Waals surface area contributed by atoms with Gasteiger partial charge in [-0.1, -0.05) is 36.0 Å². The van der Waals surface area contributed by atoms with Gasteiger partial charge in [0, 0.05) is 25.0 Å². The molecule has 2 N–H and O–H groups in total. The van der Waals surface area contributed by atoms with E-state index in [9.17, 15) is 9.18 Å². The minimum atomic E-state index is -0.239. The highest BCUT2D eigenvalue weighted by Crippen LogP contribution is 2.33. The average molecular weight is 472 g/mol. The molecule has 0 saturated carbocycles. The predicted octanol–water partition coefficient (Wildman–Crippen LogP) is 6.31. The monoisotopic (exact) mass is 471 g/mol. The van der Waals surface area contributed by atoms with Crippen LogP contribution in [0.2, 0.25) is 5.02 Å². The largest absolute Gasteiger partial charge is 0.497 e. The number of ether oxygens (including phenoxy) is 1. The van der Waals surface area contributed by atoms with Gasteiger partial charge in [0.15, 0.2) is 0 Å². The van der Waals surface area contributed by atoms with E-state index in [1.807, 2.05) is 41.3 Å². The summed E-state index contributed by atoms with van der Waals surface area (Å²) in [5.74, 6) is 0.678. The number of likely N-dealkylation sites (tertiary alicyclic amines) is 1. The van der Waals surface area contributed by atoms with Crippen LogP contribution in [0, 0.1) is 10.5 Å². The summed E-state index contributed by atoms with van der Waals surface area (Å²) in [5.41, 5.74) is 2.77. The van der Waals surface area contributed by atoms with Crippen LogP contribution in [0.1, 0.15) is 34.7 Å². The number of carbonyl (C=O) groups is 1. The number of benzene rings is 2. The number of hydrogen-bond acceptors (Lipinski definition) is 4. The van der Waals surface area contributed by atoms with Crippen LogP contribution in [-0.2, 0) is 0 Å². The van der Waals surface area contributed by atoms with Crippen molar-refractivity contribution in [1.29, 1.82) is 0 Å². The molecule has 1 saturated heterocycles. The molecule has 0 radical (unpaired) electrons. The molecule has 0 bridgehead atoms. The molecule has 2 aromatic carbocycles. The van der Waals surface area contributed by atoms with Crippen LogP contribution in [0.3, 0.4) is 0 Å². The van der Waals surface area contributed by atoms with Gasteiger partial charge in [0.05, 0.1) is 23.4 Å². The van der Waals surface area contributed by atoms with E-state index < -0.39 is 0 Å². The van der Waals surface area contributed by atoms with E-state index in [1.165, 1.54) is 12.1 Å². The molecule has 0 atom stereocenters. The highest BCUT2D eigenvalue weighted by Gasteiger charge is 2.27. The van der Waals surface area contributed by atoms with Crippen LogP contribution in [0.4, 0.5) is 15.8 Å². The number of hydrogen-bond donors (Lipinski definition) is 2. The minimum Gasteiger partial charge on any atom is -0.497 e. The molecule has 1 aliphatic heterocycles. The van der Waals surface area contributed by atoms with E-state index in [4.69, 9.17) is 28.6 Å². The van der Waals surface area contributed by atoms with E-state index >= 15 is 0 Å². The number of amides is 1. The standard InChI is InChI=1S/C24H23ClFN3O2S/c1-31-19-8-6-18(7-9-19)28-22-20(14-27-23(32)21(22)25)24(30)29-12-10-16(11-13-29)15-2-4-17(26)5-3-15/h2-9,14,16H,10-13H2,1H3,(H2,27,28,32). The zero-order valence-electron chi connectivity index (χ0n) is 17.5. The molecule has 1 fully saturated rings. The van der Waals surface area contributed by atoms with Gasteiger partial charge >= 0.3 is 0 Å². The fourth-order valence-corrected chi connectivity index (χ4v) is 4.30. The van der Waals surface area contributed by atoms with E-state index in [0.29, 0.717) is 39.9 Å². The van der Waals surface area contributed by atoms with Gasteiger partial charge in [0.2, 0.25) is 0 Å². The first-order chi connectivity index (χ1) is 15.5. The molecule has 0 spiro atoms. The second-order valence-electron chi connectivity index (χ2n) is 7.69. The van der Waals surface area contributed by atoms with Gasteiger partial charge in [-0.15, -0.1) is 0 Å². The summed E-state index contributed by atoms with van der Waals surface area (Å²) in [6.45, 7) is 1.21. The summed E-state index contributed by atoms with van der Waals surface area (Å²) in [4.78, 5) is 18.1. The van der Waals surface area contributed by atoms with Crippen molar-refractivity contribution in [2.45, 2.75) is 18.8 Å². The van der Waals surface area contributed by atoms with E-state index in [1.54, 1.807) is 13.3 Å². The molecule has 5 nitrogen and oxygen atoms in total. The molecule has 166 valence electrons. The molecule has 1 aliphatic rings. The molecule has 4 rings (SSSR count). The Balaban J connectivity index is 1.52. The number of methoxy groups -OCH3 is 1. The summed E-state index contributed by atoms with van der Waals surface area (Å²) in [7, 11) is 1.60. The lowest BCUT2D eigenvalue weighted by atomic mass is 9.89. The Kier molecular flexibility index (Phi) is 6.77. The highest BCUT2D eigenvalue weighted by molar-refractivity contribution is 7.71. The van der Waals surface area contributed by atoms with Crippen molar-refractivity contribution in [1.82, 2.24) is 9.88 Å². The second-order valence-corrected chi connectivity index (χ2v) is 8.48. The molecule has 3 aromatic rings. The first kappa shape index (κ1) is 22.3. The number of pyridine rings is 1. The Hall–Kier alpha value is -2.90. The summed E-state index contributed by atoms with van der Waals surface area (Å²) in [6.07, 6.45) is 3.23. The van der Waals surface area contributed by atoms with Crippen LogP contribution >= 0.6 is 23.8 Å². The fraction of sp³-hybridized carbons (Fsp3) is 0.250. The first-order valence-corrected chi connectivity index (χ1v) is 11.1. The summed E-state index contributed by atoms with van der Waals surface area (Å²) in [5, 5.41) is 3.53. The number of halogens is 2. The van der Waals surface area contributed by atoms with Crippen molar-refractivity contribution in [2.24, 2.45) is 0 Å². The van der Waals surface area contributed by atoms with Gasteiger partial charge in [0.1, 0.15) is 16.2 Å². The van der Waals surface area contributed by atoms with E-state index in [2.05, 4.69) is 10.3 Å². The number of piperidine rings is 1. The number of carbonyl (C=O) groups excluding carboxylic acids is 1. The van der Waals surface area contributed by atoms with Crippen molar-refractivity contribution in [3.8, 4) is 5.75 Å². The summed E-state index contributed by atoms with van der Waals surface area (Å²) < 4.78 is 18.8. The second kappa shape index (κ2) is 9.71. The van der Waals surface area contributed by atoms with Gasteiger partial charge in [-0.25, -0.2) is 4.39 Å². The Morgan fingerprint density at radius 1 is 1.16 bits per heavy atom. The molecule has 2 heterocycles. The smallest absolute Gasteiger partial charge is 0.257 e. The first-order valence-electron chi connectivity index (χ1n) is 10.3. The maximum Gasteiger partial charge on any atom is 0.257 e. The fourth-order valence-electron chi connectivity index (χ4n) is 3.94. The zero-order chi connectivity index (χ0) is 22.7. The lowest BCUT2D eigenvalue weighted by Gasteiger charge is -2.32. The molecule has 1 aromatic heterocycles. The summed E-state index contributed by atoms with van der Waals surface area (Å²) >= 11 is 11.8. The summed E-state index contributed by atoms with van der Waals surface area (Å²) in [6, 6.07) is 13.9. The van der Waals surface area contributed by atoms with E-state index in [0.717, 1.165) is 29.8 Å². The molecule has 0 aliphatic carbocycles. The maximum atomic E-state index is 13.4. The molecule has 32 heavy (non-hydrogen) atoms. The lowest BCUT2D eigenvalue weighted by molar-refractivity contribution is 0.0713.